The van der Waals surface area contributed by atoms with E-state index >= 15 is 0 Å². The Morgan fingerprint density at radius 2 is 1.74 bits per heavy atom. The lowest BCUT2D eigenvalue weighted by atomic mass is 9.67. The highest BCUT2D eigenvalue weighted by atomic mass is 16.7. The topological polar surface area (TPSA) is 38.7 Å². The van der Waals surface area contributed by atoms with Gasteiger partial charge in [0.1, 0.15) is 0 Å². The maximum atomic E-state index is 10.7. The minimum Gasteiger partial charge on any atom is -0.392 e. The van der Waals surface area contributed by atoms with Gasteiger partial charge in [-0.05, 0) is 25.7 Å². The van der Waals surface area contributed by atoms with Crippen LogP contribution in [0.2, 0.25) is 0 Å². The van der Waals surface area contributed by atoms with E-state index in [0.717, 1.165) is 32.1 Å². The van der Waals surface area contributed by atoms with Crippen molar-refractivity contribution in [2.45, 2.75) is 56.8 Å². The van der Waals surface area contributed by atoms with Crippen LogP contribution in [0.25, 0.3) is 0 Å². The van der Waals surface area contributed by atoms with Gasteiger partial charge in [-0.1, -0.05) is 25.0 Å². The van der Waals surface area contributed by atoms with Gasteiger partial charge in [-0.2, -0.15) is 0 Å². The third-order valence-corrected chi connectivity index (χ3v) is 4.68. The molecule has 3 heteroatoms. The van der Waals surface area contributed by atoms with Crippen molar-refractivity contribution in [3.05, 3.63) is 25.3 Å². The van der Waals surface area contributed by atoms with Gasteiger partial charge in [0.2, 0.25) is 0 Å². The summed E-state index contributed by atoms with van der Waals surface area (Å²) in [6.45, 7) is 8.89. The van der Waals surface area contributed by atoms with Gasteiger partial charge in [-0.15, -0.1) is 13.2 Å². The van der Waals surface area contributed by atoms with Gasteiger partial charge in [0, 0.05) is 6.42 Å². The monoisotopic (exact) mass is 266 g/mol. The van der Waals surface area contributed by atoms with Crippen LogP contribution in [0.3, 0.4) is 0 Å². The average molecular weight is 266 g/mol. The van der Waals surface area contributed by atoms with Crippen molar-refractivity contribution < 1.29 is 14.6 Å². The summed E-state index contributed by atoms with van der Waals surface area (Å²) < 4.78 is 12.1. The first-order chi connectivity index (χ1) is 9.21. The molecule has 0 aromatic carbocycles. The number of rotatable bonds is 5. The Hall–Kier alpha value is -0.640. The molecule has 2 atom stereocenters. The summed E-state index contributed by atoms with van der Waals surface area (Å²) in [6.07, 6.45) is 9.66. The van der Waals surface area contributed by atoms with Crippen molar-refractivity contribution in [3.8, 4) is 0 Å². The molecule has 2 aliphatic rings. The Bertz CT molecular complexity index is 320. The van der Waals surface area contributed by atoms with Crippen molar-refractivity contribution in [1.29, 1.82) is 0 Å². The van der Waals surface area contributed by atoms with Gasteiger partial charge >= 0.3 is 0 Å². The minimum atomic E-state index is -0.625. The molecule has 2 unspecified atom stereocenters. The van der Waals surface area contributed by atoms with Gasteiger partial charge in [0.15, 0.2) is 5.79 Å². The zero-order valence-electron chi connectivity index (χ0n) is 11.8. The van der Waals surface area contributed by atoms with Gasteiger partial charge < -0.3 is 14.6 Å². The molecule has 3 nitrogen and oxygen atoms in total. The van der Waals surface area contributed by atoms with E-state index in [1.807, 2.05) is 6.08 Å². The lowest BCUT2D eigenvalue weighted by Crippen LogP contribution is -2.55. The number of hydrogen-bond donors (Lipinski definition) is 1. The fraction of sp³-hybridized carbons (Fsp3) is 0.750. The number of ether oxygens (including phenoxy) is 2. The molecule has 19 heavy (non-hydrogen) atoms. The summed E-state index contributed by atoms with van der Waals surface area (Å²) in [7, 11) is 0. The maximum absolute atomic E-state index is 10.7. The predicted octanol–water partition coefficient (Wildman–Crippen LogP) is 3.19. The van der Waals surface area contributed by atoms with Crippen molar-refractivity contribution in [1.82, 2.24) is 0 Å². The minimum absolute atomic E-state index is 0.379. The molecular weight excluding hydrogens is 240 g/mol. The zero-order chi connectivity index (χ0) is 13.8. The maximum Gasteiger partial charge on any atom is 0.176 e. The van der Waals surface area contributed by atoms with Crippen LogP contribution in [0, 0.1) is 5.41 Å². The summed E-state index contributed by atoms with van der Waals surface area (Å²) in [6, 6.07) is 0. The number of aliphatic hydroxyl groups is 1. The molecule has 0 bridgehead atoms. The SMILES string of the molecule is C=CCC(O)C1(CC=C)CCCCCC12OCCO2. The van der Waals surface area contributed by atoms with Gasteiger partial charge in [0.25, 0.3) is 0 Å². The average Bonchev–Trinajstić information content (AvgIpc) is 2.79. The lowest BCUT2D eigenvalue weighted by Gasteiger charge is -2.48. The van der Waals surface area contributed by atoms with E-state index in [-0.39, 0.29) is 5.41 Å². The standard InChI is InChI=1S/C16H26O3/c1-3-8-14(17)15(9-4-2)10-6-5-7-11-16(15)18-12-13-19-16/h3-4,14,17H,1-2,5-13H2. The number of aliphatic hydroxyl groups excluding tert-OH is 1. The molecule has 0 radical (unpaired) electrons. The lowest BCUT2D eigenvalue weighted by molar-refractivity contribution is -0.267. The fourth-order valence-electron chi connectivity index (χ4n) is 3.76. The fourth-order valence-corrected chi connectivity index (χ4v) is 3.76. The van der Waals surface area contributed by atoms with Crippen LogP contribution in [-0.2, 0) is 9.47 Å². The summed E-state index contributed by atoms with van der Waals surface area (Å²) in [5, 5.41) is 10.7. The molecule has 0 aromatic heterocycles. The smallest absolute Gasteiger partial charge is 0.176 e. The highest BCUT2D eigenvalue weighted by Crippen LogP contribution is 2.53. The second kappa shape index (κ2) is 6.21. The van der Waals surface area contributed by atoms with Crippen LogP contribution in [0.1, 0.15) is 44.9 Å². The first-order valence-corrected chi connectivity index (χ1v) is 7.38. The molecule has 0 amide bonds. The molecule has 108 valence electrons. The highest BCUT2D eigenvalue weighted by molar-refractivity contribution is 5.05. The first kappa shape index (κ1) is 14.8. The van der Waals surface area contributed by atoms with E-state index in [9.17, 15) is 5.11 Å². The zero-order valence-corrected chi connectivity index (χ0v) is 11.8. The van der Waals surface area contributed by atoms with Crippen molar-refractivity contribution in [2.24, 2.45) is 5.41 Å². The van der Waals surface area contributed by atoms with Crippen LogP contribution in [0.15, 0.2) is 25.3 Å². The van der Waals surface area contributed by atoms with Gasteiger partial charge in [0.05, 0.1) is 24.7 Å². The molecule has 1 aliphatic heterocycles. The second-order valence-corrected chi connectivity index (χ2v) is 5.70. The Balaban J connectivity index is 2.38. The Morgan fingerprint density at radius 3 is 2.37 bits per heavy atom. The quantitative estimate of drug-likeness (QED) is 0.777. The molecule has 0 aromatic rings. The number of hydrogen-bond acceptors (Lipinski definition) is 3. The summed E-state index contributed by atoms with van der Waals surface area (Å²) in [5.74, 6) is -0.625. The van der Waals surface area contributed by atoms with E-state index < -0.39 is 11.9 Å². The molecule has 1 saturated carbocycles. The van der Waals surface area contributed by atoms with Crippen molar-refractivity contribution in [3.63, 3.8) is 0 Å². The van der Waals surface area contributed by atoms with Crippen LogP contribution in [0.4, 0.5) is 0 Å². The van der Waals surface area contributed by atoms with Crippen LogP contribution in [-0.4, -0.2) is 30.2 Å². The molecule has 1 spiro atoms. The molecule has 1 aliphatic carbocycles. The molecule has 2 fully saturated rings. The van der Waals surface area contributed by atoms with Gasteiger partial charge in [-0.3, -0.25) is 0 Å². The van der Waals surface area contributed by atoms with E-state index in [4.69, 9.17) is 9.47 Å². The van der Waals surface area contributed by atoms with E-state index in [1.54, 1.807) is 6.08 Å². The second-order valence-electron chi connectivity index (χ2n) is 5.70. The Labute approximate surface area is 116 Å². The summed E-state index contributed by atoms with van der Waals surface area (Å²) in [5.41, 5.74) is -0.379. The highest BCUT2D eigenvalue weighted by Gasteiger charge is 2.58. The van der Waals surface area contributed by atoms with Crippen LogP contribution >= 0.6 is 0 Å². The Morgan fingerprint density at radius 1 is 1.05 bits per heavy atom. The van der Waals surface area contributed by atoms with Gasteiger partial charge in [-0.25, -0.2) is 0 Å². The molecule has 1 heterocycles. The van der Waals surface area contributed by atoms with E-state index in [1.165, 1.54) is 6.42 Å². The summed E-state index contributed by atoms with van der Waals surface area (Å²) >= 11 is 0. The molecule has 2 rings (SSSR count). The predicted molar refractivity (Wildman–Crippen MR) is 75.8 cm³/mol. The van der Waals surface area contributed by atoms with Crippen molar-refractivity contribution in [2.75, 3.05) is 13.2 Å². The third-order valence-electron chi connectivity index (χ3n) is 4.68. The van der Waals surface area contributed by atoms with Crippen LogP contribution < -0.4 is 0 Å². The first-order valence-electron chi connectivity index (χ1n) is 7.38. The van der Waals surface area contributed by atoms with Crippen molar-refractivity contribution >= 4 is 0 Å². The summed E-state index contributed by atoms with van der Waals surface area (Å²) in [4.78, 5) is 0. The van der Waals surface area contributed by atoms with E-state index in [0.29, 0.717) is 19.6 Å². The van der Waals surface area contributed by atoms with Crippen LogP contribution in [0.5, 0.6) is 0 Å². The third kappa shape index (κ3) is 2.51. The molecule has 1 saturated heterocycles. The largest absolute Gasteiger partial charge is 0.392 e. The Kier molecular flexibility index (Phi) is 4.82. The number of allylic oxidation sites excluding steroid dienone is 1. The molecule has 1 N–H and O–H groups in total. The van der Waals surface area contributed by atoms with E-state index in [2.05, 4.69) is 13.2 Å². The normalized spacial score (nSPS) is 31.8. The molecular formula is C16H26O3.